The van der Waals surface area contributed by atoms with Crippen LogP contribution in [-0.4, -0.2) is 24.0 Å². The summed E-state index contributed by atoms with van der Waals surface area (Å²) in [5.41, 5.74) is 0. The molecule has 2 aliphatic rings. The molecule has 2 aliphatic carbocycles. The third-order valence-corrected chi connectivity index (χ3v) is 4.39. The van der Waals surface area contributed by atoms with Crippen LogP contribution in [0.4, 0.5) is 0 Å². The topological polar surface area (TPSA) is 41.1 Å². The first-order chi connectivity index (χ1) is 8.70. The lowest BCUT2D eigenvalue weighted by molar-refractivity contribution is -0.123. The Morgan fingerprint density at radius 1 is 1.28 bits per heavy atom. The third-order valence-electron chi connectivity index (χ3n) is 4.39. The molecule has 2 rings (SSSR count). The van der Waals surface area contributed by atoms with Gasteiger partial charge in [0.15, 0.2) is 0 Å². The minimum absolute atomic E-state index is 0.0289. The molecule has 2 fully saturated rings. The summed E-state index contributed by atoms with van der Waals surface area (Å²) in [4.78, 5) is 12.1. The molecule has 0 saturated heterocycles. The molecule has 0 aromatic rings. The molecule has 0 radical (unpaired) electrons. The zero-order chi connectivity index (χ0) is 13.0. The van der Waals surface area contributed by atoms with Crippen LogP contribution in [0.3, 0.4) is 0 Å². The van der Waals surface area contributed by atoms with Gasteiger partial charge in [0.1, 0.15) is 0 Å². The van der Waals surface area contributed by atoms with E-state index in [0.29, 0.717) is 12.1 Å². The maximum Gasteiger partial charge on any atom is 0.237 e. The fourth-order valence-corrected chi connectivity index (χ4v) is 3.11. The van der Waals surface area contributed by atoms with E-state index in [1.807, 2.05) is 6.92 Å². The van der Waals surface area contributed by atoms with E-state index >= 15 is 0 Å². The Morgan fingerprint density at radius 3 is 2.67 bits per heavy atom. The van der Waals surface area contributed by atoms with Crippen LogP contribution in [0.1, 0.15) is 65.2 Å². The van der Waals surface area contributed by atoms with Gasteiger partial charge in [0.25, 0.3) is 0 Å². The number of hydrogen-bond donors (Lipinski definition) is 2. The van der Waals surface area contributed by atoms with Crippen LogP contribution in [0.15, 0.2) is 0 Å². The van der Waals surface area contributed by atoms with Gasteiger partial charge in [-0.1, -0.05) is 32.6 Å². The lowest BCUT2D eigenvalue weighted by Crippen LogP contribution is -2.47. The first-order valence-corrected chi connectivity index (χ1v) is 7.77. The highest BCUT2D eigenvalue weighted by Gasteiger charge is 2.37. The molecule has 0 aromatic heterocycles. The minimum Gasteiger partial charge on any atom is -0.352 e. The van der Waals surface area contributed by atoms with E-state index in [0.717, 1.165) is 5.92 Å². The molecule has 2 saturated carbocycles. The van der Waals surface area contributed by atoms with Crippen molar-refractivity contribution in [3.05, 3.63) is 0 Å². The van der Waals surface area contributed by atoms with Crippen molar-refractivity contribution < 1.29 is 4.79 Å². The SMILES string of the molecule is CCCC1CC1NC(C)C(=O)NC1CCCCC1. The van der Waals surface area contributed by atoms with Gasteiger partial charge in [-0.25, -0.2) is 0 Å². The molecule has 0 bridgehead atoms. The van der Waals surface area contributed by atoms with Crippen LogP contribution in [0.25, 0.3) is 0 Å². The number of hydrogen-bond acceptors (Lipinski definition) is 2. The summed E-state index contributed by atoms with van der Waals surface area (Å²) in [5.74, 6) is 1.02. The van der Waals surface area contributed by atoms with Gasteiger partial charge in [-0.3, -0.25) is 4.79 Å². The first kappa shape index (κ1) is 13.9. The predicted molar refractivity (Wildman–Crippen MR) is 74.4 cm³/mol. The molecule has 1 amide bonds. The van der Waals surface area contributed by atoms with Crippen molar-refractivity contribution in [2.75, 3.05) is 0 Å². The average molecular weight is 252 g/mol. The van der Waals surface area contributed by atoms with Crippen LogP contribution < -0.4 is 10.6 Å². The monoisotopic (exact) mass is 252 g/mol. The van der Waals surface area contributed by atoms with E-state index < -0.39 is 0 Å². The van der Waals surface area contributed by atoms with Crippen LogP contribution in [0, 0.1) is 5.92 Å². The van der Waals surface area contributed by atoms with Crippen LogP contribution in [0.5, 0.6) is 0 Å². The number of carbonyl (C=O) groups excluding carboxylic acids is 1. The quantitative estimate of drug-likeness (QED) is 0.763. The lowest BCUT2D eigenvalue weighted by Gasteiger charge is -2.24. The van der Waals surface area contributed by atoms with Crippen molar-refractivity contribution in [2.24, 2.45) is 5.92 Å². The average Bonchev–Trinajstić information content (AvgIpc) is 3.09. The molecule has 2 N–H and O–H groups in total. The van der Waals surface area contributed by atoms with E-state index in [1.54, 1.807) is 0 Å². The number of rotatable bonds is 6. The van der Waals surface area contributed by atoms with Crippen molar-refractivity contribution >= 4 is 5.91 Å². The maximum absolute atomic E-state index is 12.1. The molecule has 0 heterocycles. The van der Waals surface area contributed by atoms with E-state index in [1.165, 1.54) is 51.4 Å². The zero-order valence-electron chi connectivity index (χ0n) is 11.9. The van der Waals surface area contributed by atoms with Crippen molar-refractivity contribution in [3.63, 3.8) is 0 Å². The third kappa shape index (κ3) is 3.98. The molecule has 0 aliphatic heterocycles. The molecule has 3 nitrogen and oxygen atoms in total. The van der Waals surface area contributed by atoms with Gasteiger partial charge in [-0.05, 0) is 38.5 Å². The predicted octanol–water partition coefficient (Wildman–Crippen LogP) is 2.60. The Balaban J connectivity index is 1.65. The summed E-state index contributed by atoms with van der Waals surface area (Å²) in [6, 6.07) is 0.997. The fraction of sp³-hybridized carbons (Fsp3) is 0.933. The second-order valence-corrected chi connectivity index (χ2v) is 6.12. The maximum atomic E-state index is 12.1. The Labute approximate surface area is 111 Å². The van der Waals surface area contributed by atoms with Gasteiger partial charge in [0.2, 0.25) is 5.91 Å². The molecule has 3 unspecified atom stereocenters. The van der Waals surface area contributed by atoms with Crippen molar-refractivity contribution in [1.29, 1.82) is 0 Å². The second-order valence-electron chi connectivity index (χ2n) is 6.12. The van der Waals surface area contributed by atoms with Crippen molar-refractivity contribution in [1.82, 2.24) is 10.6 Å². The Kier molecular flexibility index (Phi) is 5.04. The summed E-state index contributed by atoms with van der Waals surface area (Å²) < 4.78 is 0. The fourth-order valence-electron chi connectivity index (χ4n) is 3.11. The molecular formula is C15H28N2O. The van der Waals surface area contributed by atoms with Crippen LogP contribution in [-0.2, 0) is 4.79 Å². The van der Waals surface area contributed by atoms with Crippen molar-refractivity contribution in [3.8, 4) is 0 Å². The highest BCUT2D eigenvalue weighted by atomic mass is 16.2. The molecule has 3 heteroatoms. The number of amides is 1. The van der Waals surface area contributed by atoms with Gasteiger partial charge in [-0.15, -0.1) is 0 Å². The second kappa shape index (κ2) is 6.55. The number of carbonyl (C=O) groups is 1. The van der Waals surface area contributed by atoms with Gasteiger partial charge < -0.3 is 10.6 Å². The highest BCUT2D eigenvalue weighted by Crippen LogP contribution is 2.34. The first-order valence-electron chi connectivity index (χ1n) is 7.77. The Bertz CT molecular complexity index is 274. The standard InChI is InChI=1S/C15H28N2O/c1-3-7-12-10-14(12)16-11(2)15(18)17-13-8-5-4-6-9-13/h11-14,16H,3-10H2,1-2H3,(H,17,18). The van der Waals surface area contributed by atoms with E-state index in [-0.39, 0.29) is 11.9 Å². The van der Waals surface area contributed by atoms with Gasteiger partial charge in [0.05, 0.1) is 6.04 Å². The van der Waals surface area contributed by atoms with Gasteiger partial charge in [-0.2, -0.15) is 0 Å². The van der Waals surface area contributed by atoms with E-state index in [4.69, 9.17) is 0 Å². The summed E-state index contributed by atoms with van der Waals surface area (Å²) in [5, 5.41) is 6.66. The smallest absolute Gasteiger partial charge is 0.237 e. The minimum atomic E-state index is -0.0289. The molecule has 18 heavy (non-hydrogen) atoms. The Hall–Kier alpha value is -0.570. The summed E-state index contributed by atoms with van der Waals surface area (Å²) in [7, 11) is 0. The van der Waals surface area contributed by atoms with Crippen molar-refractivity contribution in [2.45, 2.75) is 83.3 Å². The van der Waals surface area contributed by atoms with Gasteiger partial charge in [0, 0.05) is 12.1 Å². The summed E-state index contributed by atoms with van der Waals surface area (Å²) >= 11 is 0. The highest BCUT2D eigenvalue weighted by molar-refractivity contribution is 5.81. The molecule has 0 spiro atoms. The van der Waals surface area contributed by atoms with E-state index in [9.17, 15) is 4.79 Å². The molecule has 3 atom stereocenters. The van der Waals surface area contributed by atoms with Crippen LogP contribution in [0.2, 0.25) is 0 Å². The molecule has 104 valence electrons. The van der Waals surface area contributed by atoms with Crippen LogP contribution >= 0.6 is 0 Å². The summed E-state index contributed by atoms with van der Waals surface area (Å²) in [6.45, 7) is 4.23. The summed E-state index contributed by atoms with van der Waals surface area (Å²) in [6.07, 6.45) is 10.0. The van der Waals surface area contributed by atoms with E-state index in [2.05, 4.69) is 17.6 Å². The Morgan fingerprint density at radius 2 is 2.00 bits per heavy atom. The number of nitrogens with one attached hydrogen (secondary N) is 2. The normalized spacial score (nSPS) is 29.9. The molecular weight excluding hydrogens is 224 g/mol. The van der Waals surface area contributed by atoms with Gasteiger partial charge >= 0.3 is 0 Å². The molecule has 0 aromatic carbocycles. The zero-order valence-corrected chi connectivity index (χ0v) is 11.9. The lowest BCUT2D eigenvalue weighted by atomic mass is 9.95. The largest absolute Gasteiger partial charge is 0.352 e.